The van der Waals surface area contributed by atoms with Gasteiger partial charge in [0.25, 0.3) is 0 Å². The van der Waals surface area contributed by atoms with E-state index in [0.29, 0.717) is 0 Å². The molecule has 0 bridgehead atoms. The van der Waals surface area contributed by atoms with Gasteiger partial charge >= 0.3 is 0 Å². The molecule has 0 aliphatic heterocycles. The van der Waals surface area contributed by atoms with Gasteiger partial charge in [0.15, 0.2) is 0 Å². The second-order valence-corrected chi connectivity index (χ2v) is 7.71. The highest BCUT2D eigenvalue weighted by atomic mass is 79.9. The van der Waals surface area contributed by atoms with Crippen molar-refractivity contribution in [3.8, 4) is 0 Å². The molecule has 2 aromatic rings. The van der Waals surface area contributed by atoms with Gasteiger partial charge < -0.3 is 0 Å². The molecule has 1 heterocycles. The molecule has 0 radical (unpaired) electrons. The van der Waals surface area contributed by atoms with E-state index >= 15 is 0 Å². The molecule has 19 heavy (non-hydrogen) atoms. The maximum absolute atomic E-state index is 3.73. The van der Waals surface area contributed by atoms with Gasteiger partial charge in [0.2, 0.25) is 0 Å². The first-order valence-corrected chi connectivity index (χ1v) is 9.94. The fourth-order valence-corrected chi connectivity index (χ4v) is 5.86. The molecular weight excluding hydrogens is 452 g/mol. The Kier molecular flexibility index (Phi) is 5.70. The van der Waals surface area contributed by atoms with Crippen LogP contribution in [0.4, 0.5) is 0 Å². The summed E-state index contributed by atoms with van der Waals surface area (Å²) in [6, 6.07) is 10.8. The predicted molar refractivity (Wildman–Crippen MR) is 96.2 cm³/mol. The summed E-state index contributed by atoms with van der Waals surface area (Å²) in [5.41, 5.74) is 2.87. The molecule has 2 rings (SSSR count). The Labute approximate surface area is 144 Å². The summed E-state index contributed by atoms with van der Waals surface area (Å²) >= 11 is 12.9. The Morgan fingerprint density at radius 2 is 1.79 bits per heavy atom. The van der Waals surface area contributed by atoms with E-state index in [4.69, 9.17) is 0 Å². The van der Waals surface area contributed by atoms with Gasteiger partial charge in [-0.2, -0.15) is 0 Å². The largest absolute Gasteiger partial charge is 0.148 e. The molecule has 0 unspecified atom stereocenters. The van der Waals surface area contributed by atoms with Crippen LogP contribution in [0, 0.1) is 6.92 Å². The summed E-state index contributed by atoms with van der Waals surface area (Å²) in [5, 5.41) is 4.03. The first-order chi connectivity index (χ1) is 9.13. The Morgan fingerprint density at radius 1 is 1.11 bits per heavy atom. The number of alkyl halides is 2. The first kappa shape index (κ1) is 15.7. The van der Waals surface area contributed by atoms with Crippen molar-refractivity contribution < 1.29 is 0 Å². The van der Waals surface area contributed by atoms with Crippen LogP contribution in [0.2, 0.25) is 0 Å². The van der Waals surface area contributed by atoms with Gasteiger partial charge in [0, 0.05) is 25.4 Å². The summed E-state index contributed by atoms with van der Waals surface area (Å²) in [6.45, 7) is 2.19. The number of hydrogen-bond donors (Lipinski definition) is 0. The average Bonchev–Trinajstić information content (AvgIpc) is 2.82. The van der Waals surface area contributed by atoms with E-state index in [1.807, 2.05) is 11.3 Å². The highest BCUT2D eigenvalue weighted by Gasteiger charge is 2.32. The van der Waals surface area contributed by atoms with Crippen molar-refractivity contribution in [1.82, 2.24) is 0 Å². The van der Waals surface area contributed by atoms with Gasteiger partial charge in [-0.25, -0.2) is 0 Å². The van der Waals surface area contributed by atoms with Crippen LogP contribution < -0.4 is 0 Å². The monoisotopic (exact) mass is 464 g/mol. The summed E-state index contributed by atoms with van der Waals surface area (Å²) < 4.78 is 1.22. The Balaban J connectivity index is 2.44. The standard InChI is InChI=1S/C15H15Br3S/c1-11-4-2-3-5-12(11)15(9-16,10-17)8-14-13(18)6-7-19-14/h2-7H,8-10H2,1H3. The Hall–Kier alpha value is 0.360. The second-order valence-electron chi connectivity index (χ2n) is 4.73. The minimum atomic E-state index is 0.0959. The number of benzene rings is 1. The number of thiophene rings is 1. The van der Waals surface area contributed by atoms with Crippen LogP contribution in [0.3, 0.4) is 0 Å². The van der Waals surface area contributed by atoms with Crippen LogP contribution in [0.25, 0.3) is 0 Å². The van der Waals surface area contributed by atoms with Crippen molar-refractivity contribution in [2.24, 2.45) is 0 Å². The van der Waals surface area contributed by atoms with Gasteiger partial charge in [-0.05, 0) is 51.8 Å². The van der Waals surface area contributed by atoms with Crippen LogP contribution in [0.1, 0.15) is 16.0 Å². The molecule has 0 aliphatic rings. The summed E-state index contributed by atoms with van der Waals surface area (Å²) in [6.07, 6.45) is 1.03. The lowest BCUT2D eigenvalue weighted by atomic mass is 9.79. The average molecular weight is 467 g/mol. The Bertz CT molecular complexity index is 544. The van der Waals surface area contributed by atoms with Crippen LogP contribution >= 0.6 is 59.1 Å². The van der Waals surface area contributed by atoms with Crippen LogP contribution in [-0.4, -0.2) is 10.7 Å². The highest BCUT2D eigenvalue weighted by molar-refractivity contribution is 9.10. The van der Waals surface area contributed by atoms with Crippen molar-refractivity contribution in [3.05, 3.63) is 56.2 Å². The molecular formula is C15H15Br3S. The van der Waals surface area contributed by atoms with E-state index in [0.717, 1.165) is 17.1 Å². The molecule has 0 amide bonds. The van der Waals surface area contributed by atoms with Crippen molar-refractivity contribution in [3.63, 3.8) is 0 Å². The van der Waals surface area contributed by atoms with Gasteiger partial charge in [0.1, 0.15) is 0 Å². The minimum Gasteiger partial charge on any atom is -0.148 e. The molecule has 0 spiro atoms. The van der Waals surface area contributed by atoms with Gasteiger partial charge in [-0.15, -0.1) is 11.3 Å². The molecule has 0 aliphatic carbocycles. The fraction of sp³-hybridized carbons (Fsp3) is 0.333. The van der Waals surface area contributed by atoms with Gasteiger partial charge in [0.05, 0.1) is 0 Å². The van der Waals surface area contributed by atoms with E-state index in [1.54, 1.807) is 0 Å². The molecule has 4 heteroatoms. The van der Waals surface area contributed by atoms with E-state index in [-0.39, 0.29) is 5.41 Å². The van der Waals surface area contributed by atoms with Crippen molar-refractivity contribution in [2.45, 2.75) is 18.8 Å². The molecule has 102 valence electrons. The van der Waals surface area contributed by atoms with Crippen LogP contribution in [0.15, 0.2) is 40.2 Å². The zero-order valence-corrected chi connectivity index (χ0v) is 16.2. The smallest absolute Gasteiger partial charge is 0.0314 e. The normalized spacial score (nSPS) is 11.8. The van der Waals surface area contributed by atoms with Crippen molar-refractivity contribution >= 4 is 59.1 Å². The van der Waals surface area contributed by atoms with Gasteiger partial charge in [-0.3, -0.25) is 0 Å². The van der Waals surface area contributed by atoms with E-state index in [1.165, 1.54) is 20.5 Å². The lowest BCUT2D eigenvalue weighted by Gasteiger charge is -2.32. The third kappa shape index (κ3) is 3.34. The zero-order valence-electron chi connectivity index (χ0n) is 10.6. The van der Waals surface area contributed by atoms with E-state index in [2.05, 4.69) is 90.4 Å². The van der Waals surface area contributed by atoms with Crippen molar-refractivity contribution in [1.29, 1.82) is 0 Å². The molecule has 0 N–H and O–H groups in total. The summed E-state index contributed by atoms with van der Waals surface area (Å²) in [7, 11) is 0. The van der Waals surface area contributed by atoms with Crippen LogP contribution in [0.5, 0.6) is 0 Å². The molecule has 0 fully saturated rings. The van der Waals surface area contributed by atoms with Gasteiger partial charge in [-0.1, -0.05) is 56.1 Å². The summed E-state index contributed by atoms with van der Waals surface area (Å²) in [4.78, 5) is 1.40. The quantitative estimate of drug-likeness (QED) is 0.468. The SMILES string of the molecule is Cc1ccccc1C(CBr)(CBr)Cc1sccc1Br. The number of aryl methyl sites for hydroxylation is 1. The molecule has 1 aromatic carbocycles. The number of rotatable bonds is 5. The molecule has 0 atom stereocenters. The lowest BCUT2D eigenvalue weighted by molar-refractivity contribution is 0.551. The number of halogens is 3. The summed E-state index contributed by atoms with van der Waals surface area (Å²) in [5.74, 6) is 0. The van der Waals surface area contributed by atoms with Crippen molar-refractivity contribution in [2.75, 3.05) is 10.7 Å². The third-order valence-electron chi connectivity index (χ3n) is 3.42. The minimum absolute atomic E-state index is 0.0959. The topological polar surface area (TPSA) is 0 Å². The first-order valence-electron chi connectivity index (χ1n) is 6.03. The molecule has 0 nitrogen and oxygen atoms in total. The molecule has 0 saturated carbocycles. The zero-order chi connectivity index (χ0) is 13.9. The molecule has 0 saturated heterocycles. The van der Waals surface area contributed by atoms with E-state index in [9.17, 15) is 0 Å². The van der Waals surface area contributed by atoms with E-state index < -0.39 is 0 Å². The Morgan fingerprint density at radius 3 is 2.32 bits per heavy atom. The highest BCUT2D eigenvalue weighted by Crippen LogP contribution is 2.38. The fourth-order valence-electron chi connectivity index (χ4n) is 2.30. The number of hydrogen-bond acceptors (Lipinski definition) is 1. The third-order valence-corrected chi connectivity index (χ3v) is 7.49. The molecule has 1 aromatic heterocycles. The maximum Gasteiger partial charge on any atom is 0.0314 e. The van der Waals surface area contributed by atoms with Crippen LogP contribution in [-0.2, 0) is 11.8 Å². The second kappa shape index (κ2) is 6.88. The lowest BCUT2D eigenvalue weighted by Crippen LogP contribution is -2.33. The maximum atomic E-state index is 3.73. The predicted octanol–water partition coefficient (Wildman–Crippen LogP) is 6.09.